The summed E-state index contributed by atoms with van der Waals surface area (Å²) in [5.41, 5.74) is 0.462. The molecule has 0 aromatic heterocycles. The summed E-state index contributed by atoms with van der Waals surface area (Å²) in [6.45, 7) is 3.06. The molecule has 0 amide bonds. The Morgan fingerprint density at radius 1 is 1.15 bits per heavy atom. The average Bonchev–Trinajstić information content (AvgIpc) is 2.39. The maximum atomic E-state index is 12.2. The van der Waals surface area contributed by atoms with E-state index in [4.69, 9.17) is 9.47 Å². The summed E-state index contributed by atoms with van der Waals surface area (Å²) in [5.74, 6) is -0.117. The van der Waals surface area contributed by atoms with Crippen LogP contribution in [0, 0.1) is 0 Å². The standard InChI is InChI=1S/C13H19NO5S/c1-9(13(18-3)19-4)14-20(16,17)12-7-5-11(6-8-12)10(2)15/h5-9,13-14H,1-4H3. The van der Waals surface area contributed by atoms with Crippen LogP contribution in [0.4, 0.5) is 0 Å². The van der Waals surface area contributed by atoms with Gasteiger partial charge in [0.05, 0.1) is 10.9 Å². The average molecular weight is 301 g/mol. The van der Waals surface area contributed by atoms with Gasteiger partial charge in [-0.25, -0.2) is 13.1 Å². The highest BCUT2D eigenvalue weighted by molar-refractivity contribution is 7.89. The van der Waals surface area contributed by atoms with Gasteiger partial charge >= 0.3 is 0 Å². The Balaban J connectivity index is 2.91. The van der Waals surface area contributed by atoms with Crippen molar-refractivity contribution in [3.8, 4) is 0 Å². The molecule has 0 fully saturated rings. The van der Waals surface area contributed by atoms with E-state index < -0.39 is 22.4 Å². The Labute approximate surface area is 119 Å². The number of nitrogens with one attached hydrogen (secondary N) is 1. The van der Waals surface area contributed by atoms with Gasteiger partial charge < -0.3 is 9.47 Å². The number of Topliss-reactive ketones (excluding diaryl/α,β-unsaturated/α-hetero) is 1. The summed E-state index contributed by atoms with van der Waals surface area (Å²) in [4.78, 5) is 11.2. The number of rotatable bonds is 7. The lowest BCUT2D eigenvalue weighted by Crippen LogP contribution is -2.42. The molecule has 6 nitrogen and oxygen atoms in total. The van der Waals surface area contributed by atoms with Crippen molar-refractivity contribution in [2.75, 3.05) is 14.2 Å². The Bertz CT molecular complexity index is 549. The topological polar surface area (TPSA) is 81.7 Å². The van der Waals surface area contributed by atoms with Gasteiger partial charge in [0, 0.05) is 19.8 Å². The zero-order valence-electron chi connectivity index (χ0n) is 11.9. The highest BCUT2D eigenvalue weighted by Gasteiger charge is 2.23. The first-order valence-corrected chi connectivity index (χ1v) is 7.49. The van der Waals surface area contributed by atoms with Gasteiger partial charge in [0.1, 0.15) is 0 Å². The van der Waals surface area contributed by atoms with Crippen LogP contribution in [0.25, 0.3) is 0 Å². The van der Waals surface area contributed by atoms with Crippen molar-refractivity contribution in [2.45, 2.75) is 31.1 Å². The number of hydrogen-bond acceptors (Lipinski definition) is 5. The van der Waals surface area contributed by atoms with E-state index in [0.29, 0.717) is 5.56 Å². The van der Waals surface area contributed by atoms with Crippen LogP contribution in [0.3, 0.4) is 0 Å². The van der Waals surface area contributed by atoms with Crippen molar-refractivity contribution in [1.82, 2.24) is 4.72 Å². The van der Waals surface area contributed by atoms with Crippen molar-refractivity contribution in [3.05, 3.63) is 29.8 Å². The fourth-order valence-corrected chi connectivity index (χ4v) is 2.97. The van der Waals surface area contributed by atoms with E-state index >= 15 is 0 Å². The number of methoxy groups -OCH3 is 2. The largest absolute Gasteiger partial charge is 0.354 e. The lowest BCUT2D eigenvalue weighted by atomic mass is 10.2. The zero-order valence-corrected chi connectivity index (χ0v) is 12.7. The van der Waals surface area contributed by atoms with Gasteiger partial charge in [0.15, 0.2) is 12.1 Å². The van der Waals surface area contributed by atoms with Crippen LogP contribution < -0.4 is 4.72 Å². The molecular weight excluding hydrogens is 282 g/mol. The molecule has 7 heteroatoms. The van der Waals surface area contributed by atoms with E-state index in [9.17, 15) is 13.2 Å². The third-order valence-electron chi connectivity index (χ3n) is 2.79. The molecular formula is C13H19NO5S. The van der Waals surface area contributed by atoms with Crippen LogP contribution in [0.5, 0.6) is 0 Å². The maximum absolute atomic E-state index is 12.2. The highest BCUT2D eigenvalue weighted by atomic mass is 32.2. The normalized spacial score (nSPS) is 13.4. The summed E-state index contributed by atoms with van der Waals surface area (Å²) >= 11 is 0. The molecule has 0 heterocycles. The van der Waals surface area contributed by atoms with Gasteiger partial charge in [0.25, 0.3) is 0 Å². The number of benzene rings is 1. The van der Waals surface area contributed by atoms with Crippen LogP contribution >= 0.6 is 0 Å². The van der Waals surface area contributed by atoms with Crippen LogP contribution in [-0.2, 0) is 19.5 Å². The first kappa shape index (κ1) is 16.8. The van der Waals surface area contributed by atoms with E-state index in [1.165, 1.54) is 45.4 Å². The summed E-state index contributed by atoms with van der Waals surface area (Å²) in [5, 5.41) is 0. The summed E-state index contributed by atoms with van der Waals surface area (Å²) in [6, 6.07) is 5.18. The third-order valence-corrected chi connectivity index (χ3v) is 4.36. The molecule has 1 unspecified atom stereocenters. The maximum Gasteiger partial charge on any atom is 0.240 e. The van der Waals surface area contributed by atoms with Gasteiger partial charge in [-0.15, -0.1) is 0 Å². The monoisotopic (exact) mass is 301 g/mol. The fourth-order valence-electron chi connectivity index (χ4n) is 1.74. The molecule has 1 N–H and O–H groups in total. The number of carbonyl (C=O) groups excluding carboxylic acids is 1. The minimum Gasteiger partial charge on any atom is -0.354 e. The Kier molecular flexibility index (Phi) is 5.82. The molecule has 1 aromatic carbocycles. The fraction of sp³-hybridized carbons (Fsp3) is 0.462. The van der Waals surface area contributed by atoms with E-state index in [0.717, 1.165) is 0 Å². The predicted octanol–water partition coefficient (Wildman–Crippen LogP) is 1.17. The predicted molar refractivity (Wildman–Crippen MR) is 74.0 cm³/mol. The van der Waals surface area contributed by atoms with Gasteiger partial charge in [-0.1, -0.05) is 12.1 Å². The molecule has 1 aromatic rings. The minimum absolute atomic E-state index is 0.0836. The number of hydrogen-bond donors (Lipinski definition) is 1. The molecule has 0 saturated heterocycles. The number of sulfonamides is 1. The van der Waals surface area contributed by atoms with E-state index in [1.54, 1.807) is 6.92 Å². The van der Waals surface area contributed by atoms with Crippen molar-refractivity contribution in [2.24, 2.45) is 0 Å². The summed E-state index contributed by atoms with van der Waals surface area (Å²) < 4.78 is 36.8. The van der Waals surface area contributed by atoms with E-state index in [1.807, 2.05) is 0 Å². The second-order valence-corrected chi connectivity index (χ2v) is 6.04. The van der Waals surface area contributed by atoms with E-state index in [-0.39, 0.29) is 10.7 Å². The van der Waals surface area contributed by atoms with Crippen molar-refractivity contribution in [3.63, 3.8) is 0 Å². The number of ether oxygens (including phenoxy) is 2. The molecule has 1 rings (SSSR count). The molecule has 0 bridgehead atoms. The Morgan fingerprint density at radius 3 is 2.05 bits per heavy atom. The molecule has 20 heavy (non-hydrogen) atoms. The lowest BCUT2D eigenvalue weighted by molar-refractivity contribution is -0.115. The molecule has 0 aliphatic heterocycles. The van der Waals surface area contributed by atoms with Crippen LogP contribution in [0.2, 0.25) is 0 Å². The quantitative estimate of drug-likeness (QED) is 0.604. The highest BCUT2D eigenvalue weighted by Crippen LogP contribution is 2.12. The van der Waals surface area contributed by atoms with Crippen molar-refractivity contribution < 1.29 is 22.7 Å². The van der Waals surface area contributed by atoms with Crippen molar-refractivity contribution >= 4 is 15.8 Å². The molecule has 0 aliphatic carbocycles. The Morgan fingerprint density at radius 2 is 1.65 bits per heavy atom. The summed E-state index contributed by atoms with van der Waals surface area (Å²) in [6.07, 6.45) is -0.679. The van der Waals surface area contributed by atoms with Gasteiger partial charge in [-0.3, -0.25) is 4.79 Å². The molecule has 1 atom stereocenters. The molecule has 0 spiro atoms. The second-order valence-electron chi connectivity index (χ2n) is 4.33. The number of carbonyl (C=O) groups is 1. The molecule has 112 valence electrons. The first-order chi connectivity index (χ1) is 9.31. The lowest BCUT2D eigenvalue weighted by Gasteiger charge is -2.22. The zero-order chi connectivity index (χ0) is 15.3. The van der Waals surface area contributed by atoms with Crippen LogP contribution in [0.1, 0.15) is 24.2 Å². The Hall–Kier alpha value is -1.28. The second kappa shape index (κ2) is 6.94. The molecule has 0 aliphatic rings. The van der Waals surface area contributed by atoms with E-state index in [2.05, 4.69) is 4.72 Å². The van der Waals surface area contributed by atoms with Crippen molar-refractivity contribution in [1.29, 1.82) is 0 Å². The SMILES string of the molecule is COC(OC)C(C)NS(=O)(=O)c1ccc(C(C)=O)cc1. The first-order valence-electron chi connectivity index (χ1n) is 6.00. The summed E-state index contributed by atoms with van der Waals surface area (Å²) in [7, 11) is -0.826. The smallest absolute Gasteiger partial charge is 0.240 e. The number of ketones is 1. The third kappa shape index (κ3) is 4.11. The molecule has 0 saturated carbocycles. The van der Waals surface area contributed by atoms with Crippen LogP contribution in [0.15, 0.2) is 29.2 Å². The minimum atomic E-state index is -3.69. The van der Waals surface area contributed by atoms with Gasteiger partial charge in [-0.05, 0) is 26.0 Å². The molecule has 0 radical (unpaired) electrons. The van der Waals surface area contributed by atoms with Crippen LogP contribution in [-0.4, -0.2) is 40.8 Å². The van der Waals surface area contributed by atoms with Gasteiger partial charge in [0.2, 0.25) is 10.0 Å². The van der Waals surface area contributed by atoms with Gasteiger partial charge in [-0.2, -0.15) is 0 Å².